The Morgan fingerprint density at radius 3 is 2.12 bits per heavy atom. The standard InChI is InChI=1S/C9H10ClNO5S/c1-15-6-4-7(16-2)8(17(10,13)14)3-5(6)9(11)12/h3-4H,1-2H3,(H2,11,12). The number of rotatable bonds is 4. The number of primary amides is 1. The zero-order valence-electron chi connectivity index (χ0n) is 9.06. The first kappa shape index (κ1) is 13.6. The molecule has 2 N–H and O–H groups in total. The summed E-state index contributed by atoms with van der Waals surface area (Å²) in [4.78, 5) is 10.8. The molecule has 0 aromatic heterocycles. The van der Waals surface area contributed by atoms with E-state index in [1.54, 1.807) is 0 Å². The number of benzene rings is 1. The maximum Gasteiger partial charge on any atom is 0.265 e. The third kappa shape index (κ3) is 2.80. The molecule has 8 heteroatoms. The molecule has 0 radical (unpaired) electrons. The van der Waals surface area contributed by atoms with E-state index in [4.69, 9.17) is 25.9 Å². The lowest BCUT2D eigenvalue weighted by atomic mass is 10.2. The van der Waals surface area contributed by atoms with Crippen molar-refractivity contribution in [2.45, 2.75) is 4.90 Å². The Bertz CT molecular complexity index is 555. The summed E-state index contributed by atoms with van der Waals surface area (Å²) < 4.78 is 32.3. The van der Waals surface area contributed by atoms with Crippen molar-refractivity contribution in [2.24, 2.45) is 5.73 Å². The van der Waals surface area contributed by atoms with Crippen LogP contribution in [0.25, 0.3) is 0 Å². The number of hydrogen-bond acceptors (Lipinski definition) is 5. The van der Waals surface area contributed by atoms with Crippen LogP contribution in [0.2, 0.25) is 0 Å². The minimum Gasteiger partial charge on any atom is -0.496 e. The highest BCUT2D eigenvalue weighted by molar-refractivity contribution is 8.13. The molecular formula is C9H10ClNO5S. The van der Waals surface area contributed by atoms with Crippen molar-refractivity contribution in [1.29, 1.82) is 0 Å². The molecule has 94 valence electrons. The summed E-state index contributed by atoms with van der Waals surface area (Å²) >= 11 is 0. The number of carbonyl (C=O) groups is 1. The van der Waals surface area contributed by atoms with E-state index in [2.05, 4.69) is 0 Å². The number of hydrogen-bond donors (Lipinski definition) is 1. The fourth-order valence-electron chi connectivity index (χ4n) is 1.25. The summed E-state index contributed by atoms with van der Waals surface area (Å²) in [5.74, 6) is -0.744. The van der Waals surface area contributed by atoms with E-state index in [-0.39, 0.29) is 22.0 Å². The van der Waals surface area contributed by atoms with Gasteiger partial charge >= 0.3 is 0 Å². The van der Waals surface area contributed by atoms with Crippen molar-refractivity contribution >= 4 is 25.6 Å². The van der Waals surface area contributed by atoms with Crippen LogP contribution in [-0.4, -0.2) is 28.5 Å². The zero-order chi connectivity index (χ0) is 13.2. The second kappa shape index (κ2) is 4.80. The third-order valence-corrected chi connectivity index (χ3v) is 3.36. The van der Waals surface area contributed by atoms with Gasteiger partial charge in [-0.2, -0.15) is 0 Å². The van der Waals surface area contributed by atoms with Crippen molar-refractivity contribution < 1.29 is 22.7 Å². The highest BCUT2D eigenvalue weighted by Gasteiger charge is 2.22. The van der Waals surface area contributed by atoms with Gasteiger partial charge in [0.2, 0.25) is 0 Å². The van der Waals surface area contributed by atoms with Gasteiger partial charge in [0, 0.05) is 16.7 Å². The van der Waals surface area contributed by atoms with Crippen LogP contribution >= 0.6 is 10.7 Å². The van der Waals surface area contributed by atoms with Crippen LogP contribution in [0.5, 0.6) is 11.5 Å². The molecule has 0 heterocycles. The number of ether oxygens (including phenoxy) is 2. The molecule has 0 aliphatic rings. The van der Waals surface area contributed by atoms with Crippen molar-refractivity contribution in [3.05, 3.63) is 17.7 Å². The summed E-state index contributed by atoms with van der Waals surface area (Å²) in [6.07, 6.45) is 0. The van der Waals surface area contributed by atoms with Gasteiger partial charge in [0.05, 0.1) is 19.8 Å². The fraction of sp³-hybridized carbons (Fsp3) is 0.222. The lowest BCUT2D eigenvalue weighted by Crippen LogP contribution is -2.13. The first-order chi connectivity index (χ1) is 7.81. The smallest absolute Gasteiger partial charge is 0.265 e. The average molecular weight is 280 g/mol. The van der Waals surface area contributed by atoms with Gasteiger partial charge in [-0.25, -0.2) is 8.42 Å². The van der Waals surface area contributed by atoms with Crippen molar-refractivity contribution in [2.75, 3.05) is 14.2 Å². The summed E-state index contributed by atoms with van der Waals surface area (Å²) in [5, 5.41) is 0. The molecule has 0 spiro atoms. The Balaban J connectivity index is 3.62. The summed E-state index contributed by atoms with van der Waals surface area (Å²) in [7, 11) is 3.75. The summed E-state index contributed by atoms with van der Waals surface area (Å²) in [6, 6.07) is 2.25. The highest BCUT2D eigenvalue weighted by Crippen LogP contribution is 2.33. The van der Waals surface area contributed by atoms with E-state index < -0.39 is 15.0 Å². The molecule has 0 saturated heterocycles. The van der Waals surface area contributed by atoms with Crippen LogP contribution in [0.15, 0.2) is 17.0 Å². The molecule has 0 aliphatic carbocycles. The zero-order valence-corrected chi connectivity index (χ0v) is 10.6. The van der Waals surface area contributed by atoms with Crippen LogP contribution in [0.3, 0.4) is 0 Å². The normalized spacial score (nSPS) is 11.0. The van der Waals surface area contributed by atoms with Gasteiger partial charge in [-0.15, -0.1) is 0 Å². The largest absolute Gasteiger partial charge is 0.496 e. The molecule has 0 unspecified atom stereocenters. The lowest BCUT2D eigenvalue weighted by molar-refractivity contribution is 0.0997. The first-order valence-electron chi connectivity index (χ1n) is 4.31. The maximum atomic E-state index is 11.3. The Hall–Kier alpha value is -1.47. The third-order valence-electron chi connectivity index (χ3n) is 2.01. The minimum atomic E-state index is -4.04. The summed E-state index contributed by atoms with van der Waals surface area (Å²) in [6.45, 7) is 0. The minimum absolute atomic E-state index is 0.0261. The van der Waals surface area contributed by atoms with Gasteiger partial charge in [-0.05, 0) is 6.07 Å². The van der Waals surface area contributed by atoms with Gasteiger partial charge in [0.1, 0.15) is 16.4 Å². The number of carbonyl (C=O) groups excluding carboxylic acids is 1. The van der Waals surface area contributed by atoms with Gasteiger partial charge in [0.15, 0.2) is 0 Å². The Morgan fingerprint density at radius 2 is 1.76 bits per heavy atom. The maximum absolute atomic E-state index is 11.3. The van der Waals surface area contributed by atoms with E-state index in [0.29, 0.717) is 0 Å². The second-order valence-electron chi connectivity index (χ2n) is 3.01. The molecule has 1 aromatic carbocycles. The van der Waals surface area contributed by atoms with Crippen molar-refractivity contribution in [3.8, 4) is 11.5 Å². The van der Waals surface area contributed by atoms with E-state index >= 15 is 0 Å². The van der Waals surface area contributed by atoms with Gasteiger partial charge in [0.25, 0.3) is 15.0 Å². The average Bonchev–Trinajstić information content (AvgIpc) is 2.25. The molecule has 0 saturated carbocycles. The Labute approximate surface area is 103 Å². The Morgan fingerprint density at radius 1 is 1.24 bits per heavy atom. The first-order valence-corrected chi connectivity index (χ1v) is 6.62. The van der Waals surface area contributed by atoms with Crippen molar-refractivity contribution in [1.82, 2.24) is 0 Å². The van der Waals surface area contributed by atoms with Crippen LogP contribution in [0, 0.1) is 0 Å². The van der Waals surface area contributed by atoms with E-state index in [0.717, 1.165) is 6.07 Å². The predicted octanol–water partition coefficient (Wildman–Crippen LogP) is 0.730. The second-order valence-corrected chi connectivity index (χ2v) is 5.54. The number of methoxy groups -OCH3 is 2. The molecule has 6 nitrogen and oxygen atoms in total. The van der Waals surface area contributed by atoms with Gasteiger partial charge < -0.3 is 15.2 Å². The molecule has 1 aromatic rings. The number of halogens is 1. The van der Waals surface area contributed by atoms with E-state index in [9.17, 15) is 13.2 Å². The molecule has 1 amide bonds. The topological polar surface area (TPSA) is 95.7 Å². The van der Waals surface area contributed by atoms with Crippen LogP contribution in [-0.2, 0) is 9.05 Å². The SMILES string of the molecule is COc1cc(OC)c(S(=O)(=O)Cl)cc1C(N)=O. The summed E-state index contributed by atoms with van der Waals surface area (Å²) in [5.41, 5.74) is 5.01. The molecule has 0 atom stereocenters. The highest BCUT2D eigenvalue weighted by atomic mass is 35.7. The van der Waals surface area contributed by atoms with Gasteiger partial charge in [-0.1, -0.05) is 0 Å². The number of amides is 1. The van der Waals surface area contributed by atoms with E-state index in [1.807, 2.05) is 0 Å². The van der Waals surface area contributed by atoms with Crippen LogP contribution < -0.4 is 15.2 Å². The fourth-order valence-corrected chi connectivity index (χ4v) is 2.26. The van der Waals surface area contributed by atoms with Crippen molar-refractivity contribution in [3.63, 3.8) is 0 Å². The van der Waals surface area contributed by atoms with Crippen LogP contribution in [0.4, 0.5) is 0 Å². The monoisotopic (exact) mass is 279 g/mol. The molecule has 0 aliphatic heterocycles. The quantitative estimate of drug-likeness (QED) is 0.820. The molecule has 0 fully saturated rings. The molecule has 0 bridgehead atoms. The van der Waals surface area contributed by atoms with Gasteiger partial charge in [-0.3, -0.25) is 4.79 Å². The van der Waals surface area contributed by atoms with E-state index in [1.165, 1.54) is 20.3 Å². The number of nitrogens with two attached hydrogens (primary N) is 1. The molecule has 17 heavy (non-hydrogen) atoms. The lowest BCUT2D eigenvalue weighted by Gasteiger charge is -2.11. The molecule has 1 rings (SSSR count). The molecular weight excluding hydrogens is 270 g/mol. The van der Waals surface area contributed by atoms with Crippen LogP contribution in [0.1, 0.15) is 10.4 Å². The Kier molecular flexibility index (Phi) is 3.84. The predicted molar refractivity (Wildman–Crippen MR) is 61.1 cm³/mol.